The Hall–Kier alpha value is -1.98. The number of carboxylic acid groups (broad SMARTS) is 1. The minimum atomic E-state index is -3.75. The molecule has 0 spiro atoms. The van der Waals surface area contributed by atoms with Gasteiger partial charge in [-0.25, -0.2) is 18.1 Å². The molecule has 1 aliphatic rings. The highest BCUT2D eigenvalue weighted by atomic mass is 32.2. The van der Waals surface area contributed by atoms with Crippen LogP contribution in [0, 0.1) is 17.2 Å². The third-order valence-corrected chi connectivity index (χ3v) is 5.01. The van der Waals surface area contributed by atoms with Gasteiger partial charge >= 0.3 is 5.97 Å². The Morgan fingerprint density at radius 2 is 2.19 bits per heavy atom. The molecule has 112 valence electrons. The minimum absolute atomic E-state index is 0.0288. The van der Waals surface area contributed by atoms with Crippen LogP contribution in [-0.2, 0) is 14.8 Å². The van der Waals surface area contributed by atoms with Crippen LogP contribution in [0.3, 0.4) is 0 Å². The van der Waals surface area contributed by atoms with E-state index < -0.39 is 21.9 Å². The molecule has 0 bridgehead atoms. The Morgan fingerprint density at radius 1 is 1.43 bits per heavy atom. The van der Waals surface area contributed by atoms with Crippen LogP contribution in [0.2, 0.25) is 0 Å². The number of carbonyl (C=O) groups is 1. The summed E-state index contributed by atoms with van der Waals surface area (Å²) in [5.41, 5.74) is 0.137. The first-order valence-electron chi connectivity index (χ1n) is 6.53. The van der Waals surface area contributed by atoms with Gasteiger partial charge in [0, 0.05) is 12.2 Å². The molecule has 0 aromatic carbocycles. The van der Waals surface area contributed by atoms with Crippen molar-refractivity contribution < 1.29 is 18.3 Å². The van der Waals surface area contributed by atoms with E-state index in [2.05, 4.69) is 9.71 Å². The average molecular weight is 309 g/mol. The molecule has 2 atom stereocenters. The van der Waals surface area contributed by atoms with Crippen molar-refractivity contribution in [3.63, 3.8) is 0 Å². The normalized spacial score (nSPS) is 22.4. The molecule has 1 aromatic rings. The molecule has 0 saturated heterocycles. The Bertz CT molecular complexity index is 664. The first-order valence-corrected chi connectivity index (χ1v) is 8.02. The largest absolute Gasteiger partial charge is 0.481 e. The van der Waals surface area contributed by atoms with Crippen molar-refractivity contribution >= 4 is 16.0 Å². The molecule has 1 fully saturated rings. The summed E-state index contributed by atoms with van der Waals surface area (Å²) in [6, 6.07) is 4.06. The highest BCUT2D eigenvalue weighted by Gasteiger charge is 2.30. The van der Waals surface area contributed by atoms with Gasteiger partial charge in [0.05, 0.1) is 5.92 Å². The lowest BCUT2D eigenvalue weighted by molar-refractivity contribution is -0.143. The van der Waals surface area contributed by atoms with E-state index in [0.29, 0.717) is 19.3 Å². The second-order valence-electron chi connectivity index (χ2n) is 5.01. The highest BCUT2D eigenvalue weighted by molar-refractivity contribution is 7.89. The maximum Gasteiger partial charge on any atom is 0.306 e. The standard InChI is InChI=1S/C13H15N3O4S/c14-7-11-4-5-12(8-15-11)21(19,20)16-10-3-1-2-9(6-10)13(17)18/h4-5,8-10,16H,1-3,6H2,(H,17,18). The van der Waals surface area contributed by atoms with Gasteiger partial charge in [0.15, 0.2) is 0 Å². The number of nitriles is 1. The van der Waals surface area contributed by atoms with Crippen molar-refractivity contribution in [3.8, 4) is 6.07 Å². The number of nitrogens with zero attached hydrogens (tertiary/aromatic N) is 2. The quantitative estimate of drug-likeness (QED) is 0.851. The molecule has 2 unspecified atom stereocenters. The lowest BCUT2D eigenvalue weighted by atomic mass is 9.86. The van der Waals surface area contributed by atoms with Crippen LogP contribution in [0.15, 0.2) is 23.2 Å². The SMILES string of the molecule is N#Cc1ccc(S(=O)(=O)NC2CCCC(C(=O)O)C2)cn1. The Balaban J connectivity index is 2.09. The molecular formula is C13H15N3O4S. The van der Waals surface area contributed by atoms with E-state index in [9.17, 15) is 13.2 Å². The fourth-order valence-electron chi connectivity index (χ4n) is 2.41. The molecule has 21 heavy (non-hydrogen) atoms. The number of nitrogens with one attached hydrogen (secondary N) is 1. The van der Waals surface area contributed by atoms with Gasteiger partial charge in [-0.3, -0.25) is 4.79 Å². The van der Waals surface area contributed by atoms with Gasteiger partial charge in [-0.1, -0.05) is 6.42 Å². The second-order valence-corrected chi connectivity index (χ2v) is 6.72. The van der Waals surface area contributed by atoms with Crippen molar-refractivity contribution in [1.29, 1.82) is 5.26 Å². The molecule has 8 heteroatoms. The molecule has 0 radical (unpaired) electrons. The summed E-state index contributed by atoms with van der Waals surface area (Å²) >= 11 is 0. The summed E-state index contributed by atoms with van der Waals surface area (Å²) in [5.74, 6) is -1.40. The van der Waals surface area contributed by atoms with Crippen LogP contribution < -0.4 is 4.72 Å². The van der Waals surface area contributed by atoms with E-state index >= 15 is 0 Å². The highest BCUT2D eigenvalue weighted by Crippen LogP contribution is 2.25. The molecule has 7 nitrogen and oxygen atoms in total. The minimum Gasteiger partial charge on any atom is -0.481 e. The Labute approximate surface area is 122 Å². The number of hydrogen-bond donors (Lipinski definition) is 2. The molecule has 1 heterocycles. The summed E-state index contributed by atoms with van der Waals surface area (Å²) in [4.78, 5) is 14.7. The van der Waals surface area contributed by atoms with E-state index in [1.807, 2.05) is 6.07 Å². The fourth-order valence-corrected chi connectivity index (χ4v) is 3.64. The lowest BCUT2D eigenvalue weighted by Gasteiger charge is -2.27. The molecule has 2 N–H and O–H groups in total. The number of sulfonamides is 1. The first-order chi connectivity index (χ1) is 9.92. The molecular weight excluding hydrogens is 294 g/mol. The van der Waals surface area contributed by atoms with Crippen LogP contribution in [-0.4, -0.2) is 30.5 Å². The van der Waals surface area contributed by atoms with Crippen molar-refractivity contribution in [2.75, 3.05) is 0 Å². The van der Waals surface area contributed by atoms with Crippen LogP contribution in [0.4, 0.5) is 0 Å². The first kappa shape index (κ1) is 15.4. The average Bonchev–Trinajstić information content (AvgIpc) is 2.47. The van der Waals surface area contributed by atoms with Gasteiger partial charge in [-0.15, -0.1) is 0 Å². The zero-order valence-corrected chi connectivity index (χ0v) is 12.0. The van der Waals surface area contributed by atoms with Crippen LogP contribution in [0.1, 0.15) is 31.4 Å². The van der Waals surface area contributed by atoms with Crippen molar-refractivity contribution in [1.82, 2.24) is 9.71 Å². The Morgan fingerprint density at radius 3 is 2.76 bits per heavy atom. The number of aliphatic carboxylic acids is 1. The van der Waals surface area contributed by atoms with E-state index in [4.69, 9.17) is 10.4 Å². The smallest absolute Gasteiger partial charge is 0.306 e. The summed E-state index contributed by atoms with van der Waals surface area (Å²) in [6.07, 6.45) is 3.28. The van der Waals surface area contributed by atoms with Crippen molar-refractivity contribution in [2.45, 2.75) is 36.6 Å². The number of rotatable bonds is 4. The number of carboxylic acids is 1. The van der Waals surface area contributed by atoms with E-state index in [1.54, 1.807) is 0 Å². The predicted octanol–water partition coefficient (Wildman–Crippen LogP) is 0.875. The van der Waals surface area contributed by atoms with Crippen molar-refractivity contribution in [2.24, 2.45) is 5.92 Å². The lowest BCUT2D eigenvalue weighted by Crippen LogP contribution is -2.39. The molecule has 2 rings (SSSR count). The predicted molar refractivity (Wildman–Crippen MR) is 72.7 cm³/mol. The molecule has 0 amide bonds. The number of hydrogen-bond acceptors (Lipinski definition) is 5. The molecule has 1 saturated carbocycles. The summed E-state index contributed by atoms with van der Waals surface area (Å²) in [7, 11) is -3.75. The third-order valence-electron chi connectivity index (χ3n) is 3.51. The summed E-state index contributed by atoms with van der Waals surface area (Å²) < 4.78 is 26.9. The van der Waals surface area contributed by atoms with Gasteiger partial charge in [0.1, 0.15) is 16.7 Å². The topological polar surface area (TPSA) is 120 Å². The van der Waals surface area contributed by atoms with Crippen molar-refractivity contribution in [3.05, 3.63) is 24.0 Å². The van der Waals surface area contributed by atoms with Crippen LogP contribution in [0.5, 0.6) is 0 Å². The summed E-state index contributed by atoms with van der Waals surface area (Å²) in [6.45, 7) is 0. The summed E-state index contributed by atoms with van der Waals surface area (Å²) in [5, 5.41) is 17.7. The van der Waals surface area contributed by atoms with Crippen LogP contribution >= 0.6 is 0 Å². The second kappa shape index (κ2) is 6.20. The Kier molecular flexibility index (Phi) is 4.55. The monoisotopic (exact) mass is 309 g/mol. The maximum atomic E-state index is 12.2. The van der Waals surface area contributed by atoms with Gasteiger partial charge in [-0.2, -0.15) is 5.26 Å². The van der Waals surface area contributed by atoms with Crippen LogP contribution in [0.25, 0.3) is 0 Å². The maximum absolute atomic E-state index is 12.2. The van der Waals surface area contributed by atoms with Gasteiger partial charge in [-0.05, 0) is 31.4 Å². The van der Waals surface area contributed by atoms with E-state index in [1.165, 1.54) is 12.1 Å². The zero-order valence-electron chi connectivity index (χ0n) is 11.2. The van der Waals surface area contributed by atoms with E-state index in [0.717, 1.165) is 6.20 Å². The molecule has 1 aromatic heterocycles. The third kappa shape index (κ3) is 3.77. The molecule has 1 aliphatic carbocycles. The van der Waals surface area contributed by atoms with Gasteiger partial charge < -0.3 is 5.11 Å². The van der Waals surface area contributed by atoms with E-state index in [-0.39, 0.29) is 23.1 Å². The zero-order chi connectivity index (χ0) is 15.5. The number of aromatic nitrogens is 1. The fraction of sp³-hybridized carbons (Fsp3) is 0.462. The number of pyridine rings is 1. The molecule has 0 aliphatic heterocycles. The van der Waals surface area contributed by atoms with Gasteiger partial charge in [0.25, 0.3) is 0 Å². The van der Waals surface area contributed by atoms with Gasteiger partial charge in [0.2, 0.25) is 10.0 Å².